The van der Waals surface area contributed by atoms with Gasteiger partial charge in [0.2, 0.25) is 0 Å². The Bertz CT molecular complexity index is 874. The molecule has 2 aromatic rings. The van der Waals surface area contributed by atoms with E-state index in [0.29, 0.717) is 30.2 Å². The van der Waals surface area contributed by atoms with Crippen LogP contribution < -0.4 is 4.74 Å². The first-order chi connectivity index (χ1) is 13.1. The lowest BCUT2D eigenvalue weighted by Gasteiger charge is -2.09. The molecule has 2 heterocycles. The van der Waals surface area contributed by atoms with E-state index in [9.17, 15) is 9.59 Å². The summed E-state index contributed by atoms with van der Waals surface area (Å²) in [5.41, 5.74) is 2.44. The van der Waals surface area contributed by atoms with Gasteiger partial charge in [-0.2, -0.15) is 0 Å². The predicted octanol–water partition coefficient (Wildman–Crippen LogP) is 3.94. The third-order valence-corrected chi connectivity index (χ3v) is 5.45. The van der Waals surface area contributed by atoms with Crippen LogP contribution in [-0.4, -0.2) is 36.3 Å². The summed E-state index contributed by atoms with van der Waals surface area (Å²) < 4.78 is 18.2. The molecule has 144 valence electrons. The Hall–Kier alpha value is -2.34. The highest BCUT2D eigenvalue weighted by molar-refractivity contribution is 6.06. The molecule has 0 radical (unpaired) electrons. The van der Waals surface area contributed by atoms with Gasteiger partial charge >= 0.3 is 11.9 Å². The maximum Gasteiger partial charge on any atom is 0.340 e. The average molecular weight is 371 g/mol. The van der Waals surface area contributed by atoms with Crippen molar-refractivity contribution in [3.05, 3.63) is 29.5 Å². The standard InChI is InChI=1S/C21H25NO5/c1-13-20(21(24)25-2)17-12-16(7-9-18(17)22(13)14-5-6-14)27-19(23)10-8-15-4-3-11-26-15/h7,9,12,14-15H,3-6,8,10-11H2,1-2H3. The lowest BCUT2D eigenvalue weighted by molar-refractivity contribution is -0.135. The van der Waals surface area contributed by atoms with Gasteiger partial charge in [-0.1, -0.05) is 0 Å². The van der Waals surface area contributed by atoms with E-state index in [1.54, 1.807) is 12.1 Å². The second-order valence-electron chi connectivity index (χ2n) is 7.38. The van der Waals surface area contributed by atoms with Crippen LogP contribution in [0, 0.1) is 6.92 Å². The Kier molecular flexibility index (Phi) is 4.91. The van der Waals surface area contributed by atoms with E-state index in [2.05, 4.69) is 4.57 Å². The quantitative estimate of drug-likeness (QED) is 0.568. The number of nitrogens with zero attached hydrogens (tertiary/aromatic N) is 1. The number of carbonyl (C=O) groups is 2. The molecule has 1 unspecified atom stereocenters. The first-order valence-corrected chi connectivity index (χ1v) is 9.63. The van der Waals surface area contributed by atoms with Crippen molar-refractivity contribution in [1.82, 2.24) is 4.57 Å². The SMILES string of the molecule is COC(=O)c1c(C)n(C2CC2)c2ccc(OC(=O)CCC3CCCO3)cc12. The molecule has 6 heteroatoms. The number of fused-ring (bicyclic) bond motifs is 1. The highest BCUT2D eigenvalue weighted by atomic mass is 16.5. The lowest BCUT2D eigenvalue weighted by atomic mass is 10.1. The molecular formula is C21H25NO5. The number of ether oxygens (including phenoxy) is 3. The molecule has 0 bridgehead atoms. The Labute approximate surface area is 158 Å². The van der Waals surface area contributed by atoms with Gasteiger partial charge in [-0.15, -0.1) is 0 Å². The Balaban J connectivity index is 1.57. The van der Waals surface area contributed by atoms with E-state index in [1.165, 1.54) is 7.11 Å². The fraction of sp³-hybridized carbons (Fsp3) is 0.524. The van der Waals surface area contributed by atoms with Gasteiger partial charge in [0, 0.05) is 35.7 Å². The van der Waals surface area contributed by atoms with Crippen LogP contribution in [0.2, 0.25) is 0 Å². The molecule has 1 aliphatic carbocycles. The summed E-state index contributed by atoms with van der Waals surface area (Å²) in [5.74, 6) is -0.181. The number of aromatic nitrogens is 1. The van der Waals surface area contributed by atoms with E-state index in [1.807, 2.05) is 13.0 Å². The molecule has 0 spiro atoms. The maximum atomic E-state index is 12.3. The summed E-state index contributed by atoms with van der Waals surface area (Å²) in [6, 6.07) is 5.93. The van der Waals surface area contributed by atoms with Crippen LogP contribution in [0.25, 0.3) is 10.9 Å². The van der Waals surface area contributed by atoms with Crippen LogP contribution in [0.15, 0.2) is 18.2 Å². The lowest BCUT2D eigenvalue weighted by Crippen LogP contribution is -2.13. The monoisotopic (exact) mass is 371 g/mol. The van der Waals surface area contributed by atoms with Crippen LogP contribution in [0.4, 0.5) is 0 Å². The van der Waals surface area contributed by atoms with Gasteiger partial charge in [0.05, 0.1) is 18.8 Å². The van der Waals surface area contributed by atoms with Crippen LogP contribution in [0.5, 0.6) is 5.75 Å². The van der Waals surface area contributed by atoms with E-state index in [4.69, 9.17) is 14.2 Å². The van der Waals surface area contributed by atoms with Crippen molar-refractivity contribution in [2.24, 2.45) is 0 Å². The van der Waals surface area contributed by atoms with Gasteiger partial charge in [0.25, 0.3) is 0 Å². The molecule has 1 aliphatic heterocycles. The number of carbonyl (C=O) groups excluding carboxylic acids is 2. The summed E-state index contributed by atoms with van der Waals surface area (Å²) >= 11 is 0. The summed E-state index contributed by atoms with van der Waals surface area (Å²) in [5, 5.41) is 0.774. The first kappa shape index (κ1) is 18.0. The third kappa shape index (κ3) is 3.58. The number of rotatable bonds is 6. The second kappa shape index (κ2) is 7.35. The molecule has 1 aromatic heterocycles. The molecule has 6 nitrogen and oxygen atoms in total. The van der Waals surface area contributed by atoms with Crippen LogP contribution in [-0.2, 0) is 14.3 Å². The van der Waals surface area contributed by atoms with E-state index in [0.717, 1.165) is 48.9 Å². The molecular weight excluding hydrogens is 346 g/mol. The third-order valence-electron chi connectivity index (χ3n) is 5.45. The normalized spacial score (nSPS) is 19.4. The van der Waals surface area contributed by atoms with Crippen LogP contribution in [0.1, 0.15) is 60.6 Å². The summed E-state index contributed by atoms with van der Waals surface area (Å²) in [7, 11) is 1.39. The van der Waals surface area contributed by atoms with Crippen molar-refractivity contribution >= 4 is 22.8 Å². The van der Waals surface area contributed by atoms with Gasteiger partial charge in [0.15, 0.2) is 0 Å². The molecule has 1 saturated heterocycles. The molecule has 1 saturated carbocycles. The van der Waals surface area contributed by atoms with Gasteiger partial charge in [-0.25, -0.2) is 4.79 Å². The zero-order chi connectivity index (χ0) is 19.0. The number of benzene rings is 1. The molecule has 0 N–H and O–H groups in total. The topological polar surface area (TPSA) is 66.8 Å². The van der Waals surface area contributed by atoms with Gasteiger partial charge in [-0.3, -0.25) is 4.79 Å². The van der Waals surface area contributed by atoms with Crippen LogP contribution >= 0.6 is 0 Å². The average Bonchev–Trinajstić information content (AvgIpc) is 3.26. The molecule has 2 aliphatic rings. The van der Waals surface area contributed by atoms with Gasteiger partial charge in [0.1, 0.15) is 5.75 Å². The molecule has 2 fully saturated rings. The van der Waals surface area contributed by atoms with Crippen molar-refractivity contribution < 1.29 is 23.8 Å². The zero-order valence-corrected chi connectivity index (χ0v) is 15.8. The van der Waals surface area contributed by atoms with Crippen molar-refractivity contribution in [1.29, 1.82) is 0 Å². The Morgan fingerprint density at radius 3 is 2.74 bits per heavy atom. The van der Waals surface area contributed by atoms with E-state index >= 15 is 0 Å². The summed E-state index contributed by atoms with van der Waals surface area (Å²) in [4.78, 5) is 24.5. The molecule has 4 rings (SSSR count). The van der Waals surface area contributed by atoms with Gasteiger partial charge in [-0.05, 0) is 57.2 Å². The molecule has 1 atom stereocenters. The first-order valence-electron chi connectivity index (χ1n) is 9.63. The van der Waals surface area contributed by atoms with E-state index in [-0.39, 0.29) is 18.0 Å². The van der Waals surface area contributed by atoms with Crippen LogP contribution in [0.3, 0.4) is 0 Å². The summed E-state index contributed by atoms with van der Waals surface area (Å²) in [6.45, 7) is 2.72. The summed E-state index contributed by atoms with van der Waals surface area (Å²) in [6.07, 6.45) is 5.48. The Morgan fingerprint density at radius 2 is 2.07 bits per heavy atom. The highest BCUT2D eigenvalue weighted by Gasteiger charge is 2.30. The molecule has 27 heavy (non-hydrogen) atoms. The number of hydrogen-bond acceptors (Lipinski definition) is 5. The highest BCUT2D eigenvalue weighted by Crippen LogP contribution is 2.42. The van der Waals surface area contributed by atoms with Crippen molar-refractivity contribution in [2.75, 3.05) is 13.7 Å². The van der Waals surface area contributed by atoms with Crippen molar-refractivity contribution in [2.45, 2.75) is 57.6 Å². The van der Waals surface area contributed by atoms with Crippen molar-refractivity contribution in [3.63, 3.8) is 0 Å². The van der Waals surface area contributed by atoms with Crippen molar-refractivity contribution in [3.8, 4) is 5.75 Å². The van der Waals surface area contributed by atoms with E-state index < -0.39 is 0 Å². The number of hydrogen-bond donors (Lipinski definition) is 0. The zero-order valence-electron chi connectivity index (χ0n) is 15.8. The second-order valence-corrected chi connectivity index (χ2v) is 7.38. The fourth-order valence-corrected chi connectivity index (χ4v) is 3.98. The smallest absolute Gasteiger partial charge is 0.340 e. The van der Waals surface area contributed by atoms with Gasteiger partial charge < -0.3 is 18.8 Å². The minimum absolute atomic E-state index is 0.168. The molecule has 1 aromatic carbocycles. The largest absolute Gasteiger partial charge is 0.465 e. The maximum absolute atomic E-state index is 12.3. The fourth-order valence-electron chi connectivity index (χ4n) is 3.98. The molecule has 0 amide bonds. The number of esters is 2. The predicted molar refractivity (Wildman–Crippen MR) is 100 cm³/mol. The minimum Gasteiger partial charge on any atom is -0.465 e. The Morgan fingerprint density at radius 1 is 1.26 bits per heavy atom. The minimum atomic E-state index is -0.362. The number of methoxy groups -OCH3 is 1.